The largest absolute Gasteiger partial charge is 0.341 e. The number of piperidine rings is 1. The van der Waals surface area contributed by atoms with Gasteiger partial charge in [-0.05, 0) is 51.9 Å². The van der Waals surface area contributed by atoms with Crippen LogP contribution in [0.4, 0.5) is 0 Å². The zero-order valence-electron chi connectivity index (χ0n) is 12.0. The number of nitrogens with one attached hydrogen (secondary N) is 1. The normalized spacial score (nSPS) is 25.1. The summed E-state index contributed by atoms with van der Waals surface area (Å²) >= 11 is 0. The highest BCUT2D eigenvalue weighted by Crippen LogP contribution is 2.27. The summed E-state index contributed by atoms with van der Waals surface area (Å²) in [5.41, 5.74) is 0. The van der Waals surface area contributed by atoms with Crippen molar-refractivity contribution >= 4 is 5.91 Å². The van der Waals surface area contributed by atoms with Gasteiger partial charge in [-0.1, -0.05) is 12.8 Å². The van der Waals surface area contributed by atoms with Gasteiger partial charge in [-0.15, -0.1) is 0 Å². The van der Waals surface area contributed by atoms with Gasteiger partial charge in [0.05, 0.1) is 6.04 Å². The number of nitrogens with zero attached hydrogens (tertiary/aromatic N) is 1. The van der Waals surface area contributed by atoms with Gasteiger partial charge in [0.1, 0.15) is 0 Å². The van der Waals surface area contributed by atoms with E-state index in [-0.39, 0.29) is 6.04 Å². The Morgan fingerprint density at radius 1 is 1.06 bits per heavy atom. The molecule has 1 unspecified atom stereocenters. The van der Waals surface area contributed by atoms with Gasteiger partial charge < -0.3 is 10.2 Å². The molecule has 104 valence electrons. The van der Waals surface area contributed by atoms with E-state index in [9.17, 15) is 4.79 Å². The zero-order chi connectivity index (χ0) is 13.0. The maximum atomic E-state index is 12.3. The molecule has 0 radical (unpaired) electrons. The zero-order valence-corrected chi connectivity index (χ0v) is 12.0. The molecule has 0 spiro atoms. The Bertz CT molecular complexity index is 268. The van der Waals surface area contributed by atoms with E-state index in [1.807, 2.05) is 11.8 Å². The van der Waals surface area contributed by atoms with Crippen molar-refractivity contribution in [3.8, 4) is 0 Å². The first-order valence-corrected chi connectivity index (χ1v) is 7.73. The fraction of sp³-hybridized carbons (Fsp3) is 0.933. The average Bonchev–Trinajstić information content (AvgIpc) is 2.92. The first kappa shape index (κ1) is 13.9. The predicted octanol–water partition coefficient (Wildman–Crippen LogP) is 2.56. The Hall–Kier alpha value is -0.570. The smallest absolute Gasteiger partial charge is 0.239 e. The van der Waals surface area contributed by atoms with E-state index in [0.29, 0.717) is 11.9 Å². The summed E-state index contributed by atoms with van der Waals surface area (Å²) in [6, 6.07) is 0.468. The van der Waals surface area contributed by atoms with E-state index in [2.05, 4.69) is 12.2 Å². The third-order valence-electron chi connectivity index (χ3n) is 4.66. The average molecular weight is 252 g/mol. The Labute approximate surface area is 111 Å². The van der Waals surface area contributed by atoms with Crippen LogP contribution in [-0.2, 0) is 4.79 Å². The van der Waals surface area contributed by atoms with Crippen molar-refractivity contribution in [1.82, 2.24) is 10.2 Å². The topological polar surface area (TPSA) is 32.3 Å². The molecule has 1 heterocycles. The van der Waals surface area contributed by atoms with Crippen molar-refractivity contribution in [3.05, 3.63) is 0 Å². The molecule has 1 amide bonds. The van der Waals surface area contributed by atoms with E-state index in [1.54, 1.807) is 0 Å². The summed E-state index contributed by atoms with van der Waals surface area (Å²) in [4.78, 5) is 14.4. The van der Waals surface area contributed by atoms with Crippen LogP contribution in [0.5, 0.6) is 0 Å². The SMILES string of the molecule is CC(N[C@@H](C)C1CCCC1)C(=O)N1CCCCC1. The van der Waals surface area contributed by atoms with Gasteiger partial charge in [-0.2, -0.15) is 0 Å². The van der Waals surface area contributed by atoms with E-state index in [4.69, 9.17) is 0 Å². The molecule has 0 aromatic carbocycles. The second-order valence-corrected chi connectivity index (χ2v) is 6.11. The van der Waals surface area contributed by atoms with Crippen LogP contribution in [0.1, 0.15) is 58.8 Å². The Morgan fingerprint density at radius 3 is 2.28 bits per heavy atom. The minimum atomic E-state index is -0.0151. The first-order valence-electron chi connectivity index (χ1n) is 7.73. The Kier molecular flexibility index (Phi) is 5.04. The molecule has 2 aliphatic rings. The second kappa shape index (κ2) is 6.55. The molecule has 3 heteroatoms. The standard InChI is InChI=1S/C15H28N2O/c1-12(14-8-4-5-9-14)16-13(2)15(18)17-10-6-3-7-11-17/h12-14,16H,3-11H2,1-2H3/t12-,13?/m0/s1. The maximum absolute atomic E-state index is 12.3. The fourth-order valence-electron chi connectivity index (χ4n) is 3.45. The molecule has 2 fully saturated rings. The van der Waals surface area contributed by atoms with Gasteiger partial charge in [-0.25, -0.2) is 0 Å². The summed E-state index contributed by atoms with van der Waals surface area (Å²) in [7, 11) is 0. The molecule has 0 aromatic heterocycles. The van der Waals surface area contributed by atoms with E-state index in [0.717, 1.165) is 19.0 Å². The highest BCUT2D eigenvalue weighted by atomic mass is 16.2. The molecule has 3 nitrogen and oxygen atoms in total. The van der Waals surface area contributed by atoms with Crippen molar-refractivity contribution in [2.75, 3.05) is 13.1 Å². The van der Waals surface area contributed by atoms with Crippen molar-refractivity contribution in [2.45, 2.75) is 70.9 Å². The third kappa shape index (κ3) is 3.47. The lowest BCUT2D eigenvalue weighted by molar-refractivity contribution is -0.134. The monoisotopic (exact) mass is 252 g/mol. The minimum Gasteiger partial charge on any atom is -0.341 e. The Balaban J connectivity index is 1.78. The number of amides is 1. The van der Waals surface area contributed by atoms with Gasteiger partial charge in [-0.3, -0.25) is 4.79 Å². The Morgan fingerprint density at radius 2 is 1.67 bits per heavy atom. The molecule has 1 saturated carbocycles. The highest BCUT2D eigenvalue weighted by Gasteiger charge is 2.27. The van der Waals surface area contributed by atoms with Crippen molar-refractivity contribution in [1.29, 1.82) is 0 Å². The van der Waals surface area contributed by atoms with Gasteiger partial charge in [0.15, 0.2) is 0 Å². The van der Waals surface area contributed by atoms with Crippen LogP contribution >= 0.6 is 0 Å². The second-order valence-electron chi connectivity index (χ2n) is 6.11. The maximum Gasteiger partial charge on any atom is 0.239 e. The predicted molar refractivity (Wildman–Crippen MR) is 74.4 cm³/mol. The van der Waals surface area contributed by atoms with Crippen LogP contribution in [-0.4, -0.2) is 36.0 Å². The van der Waals surface area contributed by atoms with Crippen LogP contribution in [0.15, 0.2) is 0 Å². The van der Waals surface area contributed by atoms with Crippen LogP contribution in [0.25, 0.3) is 0 Å². The number of rotatable bonds is 4. The minimum absolute atomic E-state index is 0.0151. The number of carbonyl (C=O) groups excluding carboxylic acids is 1. The van der Waals surface area contributed by atoms with E-state index in [1.165, 1.54) is 44.9 Å². The highest BCUT2D eigenvalue weighted by molar-refractivity contribution is 5.81. The van der Waals surface area contributed by atoms with Gasteiger partial charge in [0.2, 0.25) is 5.91 Å². The summed E-state index contributed by atoms with van der Waals surface area (Å²) < 4.78 is 0. The van der Waals surface area contributed by atoms with Gasteiger partial charge in [0.25, 0.3) is 0 Å². The molecule has 1 saturated heterocycles. The molecule has 0 bridgehead atoms. The molecule has 1 aliphatic heterocycles. The number of hydrogen-bond donors (Lipinski definition) is 1. The molecule has 18 heavy (non-hydrogen) atoms. The van der Waals surface area contributed by atoms with Crippen LogP contribution in [0.2, 0.25) is 0 Å². The summed E-state index contributed by atoms with van der Waals surface area (Å²) in [5, 5.41) is 3.53. The number of carbonyl (C=O) groups is 1. The van der Waals surface area contributed by atoms with Gasteiger partial charge in [0, 0.05) is 19.1 Å². The molecule has 1 N–H and O–H groups in total. The molecular weight excluding hydrogens is 224 g/mol. The van der Waals surface area contributed by atoms with Crippen molar-refractivity contribution in [2.24, 2.45) is 5.92 Å². The number of likely N-dealkylation sites (tertiary alicyclic amines) is 1. The molecule has 0 aromatic rings. The lowest BCUT2D eigenvalue weighted by Gasteiger charge is -2.31. The van der Waals surface area contributed by atoms with Crippen molar-refractivity contribution in [3.63, 3.8) is 0 Å². The molecule has 1 aliphatic carbocycles. The fourth-order valence-corrected chi connectivity index (χ4v) is 3.45. The first-order chi connectivity index (χ1) is 8.68. The van der Waals surface area contributed by atoms with E-state index < -0.39 is 0 Å². The lowest BCUT2D eigenvalue weighted by Crippen LogP contribution is -2.50. The molecular formula is C15H28N2O. The van der Waals surface area contributed by atoms with E-state index >= 15 is 0 Å². The quantitative estimate of drug-likeness (QED) is 0.834. The van der Waals surface area contributed by atoms with Crippen LogP contribution < -0.4 is 5.32 Å². The van der Waals surface area contributed by atoms with Gasteiger partial charge >= 0.3 is 0 Å². The summed E-state index contributed by atoms with van der Waals surface area (Å²) in [6.07, 6.45) is 9.03. The number of hydrogen-bond acceptors (Lipinski definition) is 2. The van der Waals surface area contributed by atoms with Crippen LogP contribution in [0.3, 0.4) is 0 Å². The van der Waals surface area contributed by atoms with Crippen molar-refractivity contribution < 1.29 is 4.79 Å². The molecule has 2 rings (SSSR count). The van der Waals surface area contributed by atoms with Crippen LogP contribution in [0, 0.1) is 5.92 Å². The third-order valence-corrected chi connectivity index (χ3v) is 4.66. The lowest BCUT2D eigenvalue weighted by atomic mass is 9.99. The molecule has 2 atom stereocenters. The summed E-state index contributed by atoms with van der Waals surface area (Å²) in [5.74, 6) is 1.08. The summed E-state index contributed by atoms with van der Waals surface area (Å²) in [6.45, 7) is 6.20.